The largest absolute Gasteiger partial charge is 0.405 e. The van der Waals surface area contributed by atoms with Gasteiger partial charge in [0.2, 0.25) is 5.91 Å². The molecule has 5 nitrogen and oxygen atoms in total. The quantitative estimate of drug-likeness (QED) is 0.807. The van der Waals surface area contributed by atoms with Gasteiger partial charge < -0.3 is 10.6 Å². The first-order valence-corrected chi connectivity index (χ1v) is 5.87. The summed E-state index contributed by atoms with van der Waals surface area (Å²) in [7, 11) is 1.79. The minimum Gasteiger partial charge on any atom is -0.346 e. The first kappa shape index (κ1) is 15.5. The smallest absolute Gasteiger partial charge is 0.346 e. The summed E-state index contributed by atoms with van der Waals surface area (Å²) in [6, 6.07) is 0. The Morgan fingerprint density at radius 3 is 2.74 bits per heavy atom. The van der Waals surface area contributed by atoms with Gasteiger partial charge in [-0.05, 0) is 6.42 Å². The lowest BCUT2D eigenvalue weighted by Gasteiger charge is -2.08. The van der Waals surface area contributed by atoms with E-state index in [1.54, 1.807) is 17.0 Å². The van der Waals surface area contributed by atoms with Gasteiger partial charge in [0.1, 0.15) is 6.54 Å². The molecule has 0 atom stereocenters. The van der Waals surface area contributed by atoms with Gasteiger partial charge in [0.25, 0.3) is 0 Å². The van der Waals surface area contributed by atoms with Crippen LogP contribution in [0.3, 0.4) is 0 Å². The van der Waals surface area contributed by atoms with Gasteiger partial charge in [0.05, 0.1) is 12.2 Å². The van der Waals surface area contributed by atoms with Gasteiger partial charge in [-0.15, -0.1) is 0 Å². The van der Waals surface area contributed by atoms with Crippen molar-refractivity contribution in [2.45, 2.75) is 26.1 Å². The second-order valence-corrected chi connectivity index (χ2v) is 4.12. The summed E-state index contributed by atoms with van der Waals surface area (Å²) < 4.78 is 37.2. The van der Waals surface area contributed by atoms with Gasteiger partial charge in [0.15, 0.2) is 0 Å². The number of amides is 1. The van der Waals surface area contributed by atoms with E-state index < -0.39 is 18.6 Å². The summed E-state index contributed by atoms with van der Waals surface area (Å²) in [5.41, 5.74) is 1.85. The molecule has 2 N–H and O–H groups in total. The van der Waals surface area contributed by atoms with E-state index in [0.29, 0.717) is 6.54 Å². The maximum Gasteiger partial charge on any atom is 0.405 e. The highest BCUT2D eigenvalue weighted by Gasteiger charge is 2.27. The number of aromatic nitrogens is 2. The number of hydrogen-bond donors (Lipinski definition) is 2. The van der Waals surface area contributed by atoms with E-state index in [-0.39, 0.29) is 6.54 Å². The Kier molecular flexibility index (Phi) is 5.34. The van der Waals surface area contributed by atoms with Crippen LogP contribution in [-0.4, -0.2) is 35.0 Å². The summed E-state index contributed by atoms with van der Waals surface area (Å²) in [6.45, 7) is 0.896. The molecule has 1 aromatic rings. The molecular formula is C11H17F3N4O. The van der Waals surface area contributed by atoms with Crippen LogP contribution in [0.25, 0.3) is 0 Å². The number of carbonyl (C=O) groups is 1. The zero-order valence-corrected chi connectivity index (χ0v) is 10.8. The van der Waals surface area contributed by atoms with Crippen molar-refractivity contribution in [2.75, 3.05) is 13.1 Å². The molecule has 1 aromatic heterocycles. The van der Waals surface area contributed by atoms with Crippen LogP contribution in [0.1, 0.15) is 18.2 Å². The van der Waals surface area contributed by atoms with Gasteiger partial charge in [-0.1, -0.05) is 6.92 Å². The van der Waals surface area contributed by atoms with Crippen LogP contribution in [0, 0.1) is 0 Å². The Balaban J connectivity index is 2.32. The van der Waals surface area contributed by atoms with Crippen LogP contribution in [0.5, 0.6) is 0 Å². The monoisotopic (exact) mass is 278 g/mol. The van der Waals surface area contributed by atoms with Crippen LogP contribution in [-0.2, 0) is 24.8 Å². The number of hydrogen-bond acceptors (Lipinski definition) is 3. The number of halogens is 3. The highest BCUT2D eigenvalue weighted by Crippen LogP contribution is 2.11. The number of nitrogens with zero attached hydrogens (tertiary/aromatic N) is 2. The molecule has 0 saturated heterocycles. The number of nitrogens with one attached hydrogen (secondary N) is 2. The van der Waals surface area contributed by atoms with Gasteiger partial charge in [0, 0.05) is 25.4 Å². The average molecular weight is 278 g/mol. The van der Waals surface area contributed by atoms with Crippen LogP contribution in [0.15, 0.2) is 6.20 Å². The Bertz CT molecular complexity index is 428. The van der Waals surface area contributed by atoms with Gasteiger partial charge >= 0.3 is 6.18 Å². The lowest BCUT2D eigenvalue weighted by Crippen LogP contribution is -2.39. The average Bonchev–Trinajstić information content (AvgIpc) is 2.66. The van der Waals surface area contributed by atoms with Gasteiger partial charge in [-0.3, -0.25) is 9.48 Å². The zero-order valence-electron chi connectivity index (χ0n) is 10.8. The van der Waals surface area contributed by atoms with E-state index >= 15 is 0 Å². The lowest BCUT2D eigenvalue weighted by molar-refractivity contribution is -0.137. The van der Waals surface area contributed by atoms with Crippen molar-refractivity contribution in [3.8, 4) is 0 Å². The Hall–Kier alpha value is -1.57. The molecule has 0 aromatic carbocycles. The minimum absolute atomic E-state index is 0.159. The highest BCUT2D eigenvalue weighted by molar-refractivity contribution is 5.78. The molecule has 0 fully saturated rings. The molecule has 19 heavy (non-hydrogen) atoms. The molecule has 1 rings (SSSR count). The molecule has 0 aliphatic heterocycles. The maximum atomic E-state index is 11.9. The third-order valence-corrected chi connectivity index (χ3v) is 2.41. The van der Waals surface area contributed by atoms with E-state index in [2.05, 4.69) is 10.4 Å². The first-order chi connectivity index (χ1) is 8.81. The number of rotatable bonds is 6. The van der Waals surface area contributed by atoms with Crippen molar-refractivity contribution in [3.05, 3.63) is 17.5 Å². The molecule has 0 aliphatic rings. The molecule has 8 heteroatoms. The molecule has 0 saturated carbocycles. The summed E-state index contributed by atoms with van der Waals surface area (Å²) >= 11 is 0. The van der Waals surface area contributed by atoms with E-state index in [0.717, 1.165) is 17.7 Å². The van der Waals surface area contributed by atoms with Crippen molar-refractivity contribution in [1.82, 2.24) is 20.4 Å². The number of alkyl halides is 3. The van der Waals surface area contributed by atoms with E-state index in [4.69, 9.17) is 0 Å². The molecule has 0 bridgehead atoms. The Labute approximate surface area is 109 Å². The molecule has 0 radical (unpaired) electrons. The standard InChI is InChI=1S/C11H17F3N4O/c1-3-9-8(6-18(2)17-9)4-15-5-10(19)16-7-11(12,13)14/h6,15H,3-5,7H2,1-2H3,(H,16,19). The lowest BCUT2D eigenvalue weighted by atomic mass is 10.2. The van der Waals surface area contributed by atoms with Crippen LogP contribution < -0.4 is 10.6 Å². The SMILES string of the molecule is CCc1nn(C)cc1CNCC(=O)NCC(F)(F)F. The van der Waals surface area contributed by atoms with Crippen LogP contribution in [0.4, 0.5) is 13.2 Å². The van der Waals surface area contributed by atoms with Gasteiger partial charge in [-0.25, -0.2) is 0 Å². The summed E-state index contributed by atoms with van der Waals surface area (Å²) in [5.74, 6) is -0.681. The second kappa shape index (κ2) is 6.55. The fourth-order valence-electron chi connectivity index (χ4n) is 1.60. The molecule has 0 unspecified atom stereocenters. The molecule has 1 amide bonds. The van der Waals surface area contributed by atoms with Crippen LogP contribution >= 0.6 is 0 Å². The third-order valence-electron chi connectivity index (χ3n) is 2.41. The van der Waals surface area contributed by atoms with Gasteiger partial charge in [-0.2, -0.15) is 18.3 Å². The fourth-order valence-corrected chi connectivity index (χ4v) is 1.60. The molecular weight excluding hydrogens is 261 g/mol. The van der Waals surface area contributed by atoms with Crippen molar-refractivity contribution < 1.29 is 18.0 Å². The fraction of sp³-hybridized carbons (Fsp3) is 0.636. The van der Waals surface area contributed by atoms with Crippen molar-refractivity contribution in [1.29, 1.82) is 0 Å². The normalized spacial score (nSPS) is 11.6. The molecule has 108 valence electrons. The zero-order chi connectivity index (χ0) is 14.5. The Morgan fingerprint density at radius 2 is 2.16 bits per heavy atom. The summed E-state index contributed by atoms with van der Waals surface area (Å²) in [4.78, 5) is 11.1. The second-order valence-electron chi connectivity index (χ2n) is 4.12. The highest BCUT2D eigenvalue weighted by atomic mass is 19.4. The van der Waals surface area contributed by atoms with E-state index in [1.165, 1.54) is 0 Å². The predicted molar refractivity (Wildman–Crippen MR) is 63.4 cm³/mol. The van der Waals surface area contributed by atoms with Crippen molar-refractivity contribution in [3.63, 3.8) is 0 Å². The molecule has 0 spiro atoms. The number of carbonyl (C=O) groups excluding carboxylic acids is 1. The first-order valence-electron chi connectivity index (χ1n) is 5.87. The van der Waals surface area contributed by atoms with Crippen molar-refractivity contribution >= 4 is 5.91 Å². The number of aryl methyl sites for hydroxylation is 2. The van der Waals surface area contributed by atoms with E-state index in [9.17, 15) is 18.0 Å². The maximum absolute atomic E-state index is 11.9. The predicted octanol–water partition coefficient (Wildman–Crippen LogP) is 0.751. The topological polar surface area (TPSA) is 59.0 Å². The van der Waals surface area contributed by atoms with Crippen molar-refractivity contribution in [2.24, 2.45) is 7.05 Å². The van der Waals surface area contributed by atoms with Crippen LogP contribution in [0.2, 0.25) is 0 Å². The minimum atomic E-state index is -4.38. The summed E-state index contributed by atoms with van der Waals surface area (Å²) in [5, 5.41) is 8.81. The molecule has 1 heterocycles. The van der Waals surface area contributed by atoms with E-state index in [1.807, 2.05) is 13.1 Å². The Morgan fingerprint density at radius 1 is 1.47 bits per heavy atom. The molecule has 0 aliphatic carbocycles. The summed E-state index contributed by atoms with van der Waals surface area (Å²) in [6.07, 6.45) is -1.80. The third kappa shape index (κ3) is 5.73.